The van der Waals surface area contributed by atoms with Crippen molar-refractivity contribution in [1.82, 2.24) is 14.8 Å². The number of hydrogen-bond acceptors (Lipinski definition) is 4. The van der Waals surface area contributed by atoms with E-state index in [-0.39, 0.29) is 6.04 Å². The van der Waals surface area contributed by atoms with Gasteiger partial charge in [-0.05, 0) is 28.9 Å². The van der Waals surface area contributed by atoms with E-state index in [0.29, 0.717) is 5.88 Å². The molecule has 2 aromatic heterocycles. The van der Waals surface area contributed by atoms with Crippen LogP contribution in [0.2, 0.25) is 0 Å². The smallest absolute Gasteiger partial charge is 0.218 e. The number of ether oxygens (including phenoxy) is 1. The molecule has 96 valence electrons. The summed E-state index contributed by atoms with van der Waals surface area (Å²) in [5.41, 5.74) is 8.07. The number of pyridine rings is 1. The highest BCUT2D eigenvalue weighted by Gasteiger charge is 2.21. The van der Waals surface area contributed by atoms with Crippen LogP contribution in [-0.4, -0.2) is 21.9 Å². The molecular formula is C12H15BrN4O. The molecule has 2 aromatic rings. The third kappa shape index (κ3) is 2.26. The lowest BCUT2D eigenvalue weighted by Crippen LogP contribution is -2.18. The summed E-state index contributed by atoms with van der Waals surface area (Å²) in [6.45, 7) is 2.79. The first kappa shape index (κ1) is 13.0. The molecule has 18 heavy (non-hydrogen) atoms. The quantitative estimate of drug-likeness (QED) is 0.939. The van der Waals surface area contributed by atoms with Crippen LogP contribution in [0.3, 0.4) is 0 Å². The van der Waals surface area contributed by atoms with Gasteiger partial charge in [-0.15, -0.1) is 0 Å². The number of methoxy groups -OCH3 is 1. The highest BCUT2D eigenvalue weighted by molar-refractivity contribution is 9.10. The van der Waals surface area contributed by atoms with E-state index in [9.17, 15) is 0 Å². The standard InChI is InChI=1S/C12H15BrN4O/c1-3-17-11(9(13)7-16-17)10(14)8-5-4-6-15-12(8)18-2/h4-7,10H,3,14H2,1-2H3. The molecule has 0 spiro atoms. The van der Waals surface area contributed by atoms with Crippen molar-refractivity contribution < 1.29 is 4.74 Å². The van der Waals surface area contributed by atoms with Gasteiger partial charge >= 0.3 is 0 Å². The number of nitrogens with zero attached hydrogens (tertiary/aromatic N) is 3. The van der Waals surface area contributed by atoms with Gasteiger partial charge in [-0.3, -0.25) is 4.68 Å². The predicted octanol–water partition coefficient (Wildman–Crippen LogP) is 2.12. The highest BCUT2D eigenvalue weighted by Crippen LogP contribution is 2.30. The molecule has 0 aliphatic carbocycles. The molecule has 6 heteroatoms. The van der Waals surface area contributed by atoms with Gasteiger partial charge in [-0.1, -0.05) is 6.07 Å². The van der Waals surface area contributed by atoms with E-state index in [1.54, 1.807) is 19.5 Å². The molecule has 0 fully saturated rings. The third-order valence-corrected chi connectivity index (χ3v) is 3.37. The van der Waals surface area contributed by atoms with Crippen LogP contribution in [0.15, 0.2) is 29.0 Å². The lowest BCUT2D eigenvalue weighted by molar-refractivity contribution is 0.389. The molecule has 1 atom stereocenters. The first-order valence-electron chi connectivity index (χ1n) is 5.64. The molecule has 2 heterocycles. The summed E-state index contributed by atoms with van der Waals surface area (Å²) < 4.78 is 8.00. The largest absolute Gasteiger partial charge is 0.481 e. The van der Waals surface area contributed by atoms with Gasteiger partial charge < -0.3 is 10.5 Å². The minimum absolute atomic E-state index is 0.328. The number of nitrogens with two attached hydrogens (primary N) is 1. The van der Waals surface area contributed by atoms with Crippen molar-refractivity contribution in [3.8, 4) is 5.88 Å². The number of hydrogen-bond donors (Lipinski definition) is 1. The molecule has 0 aliphatic heterocycles. The van der Waals surface area contributed by atoms with Gasteiger partial charge in [0.15, 0.2) is 0 Å². The van der Waals surface area contributed by atoms with Crippen LogP contribution in [0.5, 0.6) is 5.88 Å². The maximum atomic E-state index is 6.30. The summed E-state index contributed by atoms with van der Waals surface area (Å²) in [6.07, 6.45) is 3.43. The van der Waals surface area contributed by atoms with Crippen molar-refractivity contribution in [2.75, 3.05) is 7.11 Å². The second-order valence-electron chi connectivity index (χ2n) is 3.77. The third-order valence-electron chi connectivity index (χ3n) is 2.76. The lowest BCUT2D eigenvalue weighted by atomic mass is 10.1. The maximum Gasteiger partial charge on any atom is 0.218 e. The second-order valence-corrected chi connectivity index (χ2v) is 4.63. The molecule has 2 rings (SSSR count). The SMILES string of the molecule is CCn1ncc(Br)c1C(N)c1cccnc1OC. The van der Waals surface area contributed by atoms with E-state index < -0.39 is 0 Å². The topological polar surface area (TPSA) is 66.0 Å². The Morgan fingerprint density at radius 3 is 3.00 bits per heavy atom. The van der Waals surface area contributed by atoms with Gasteiger partial charge in [0.25, 0.3) is 0 Å². The Bertz CT molecular complexity index is 541. The van der Waals surface area contributed by atoms with Crippen LogP contribution < -0.4 is 10.5 Å². The van der Waals surface area contributed by atoms with E-state index in [4.69, 9.17) is 10.5 Å². The summed E-state index contributed by atoms with van der Waals surface area (Å²) >= 11 is 3.48. The monoisotopic (exact) mass is 310 g/mol. The normalized spacial score (nSPS) is 12.4. The number of aryl methyl sites for hydroxylation is 1. The van der Waals surface area contributed by atoms with Crippen LogP contribution in [0.25, 0.3) is 0 Å². The van der Waals surface area contributed by atoms with Gasteiger partial charge in [0.1, 0.15) is 0 Å². The maximum absolute atomic E-state index is 6.30. The number of halogens is 1. The number of aromatic nitrogens is 3. The average Bonchev–Trinajstić information content (AvgIpc) is 2.79. The first-order valence-corrected chi connectivity index (χ1v) is 6.44. The lowest BCUT2D eigenvalue weighted by Gasteiger charge is -2.16. The molecule has 0 saturated heterocycles. The van der Waals surface area contributed by atoms with Gasteiger partial charge in [0, 0.05) is 18.3 Å². The summed E-state index contributed by atoms with van der Waals surface area (Å²) in [6, 6.07) is 3.43. The second kappa shape index (κ2) is 5.49. The molecule has 1 unspecified atom stereocenters. The van der Waals surface area contributed by atoms with Crippen molar-refractivity contribution in [3.05, 3.63) is 40.3 Å². The van der Waals surface area contributed by atoms with Crippen LogP contribution in [-0.2, 0) is 6.54 Å². The minimum Gasteiger partial charge on any atom is -0.481 e. The number of rotatable bonds is 4. The average molecular weight is 311 g/mol. The van der Waals surface area contributed by atoms with Crippen molar-refractivity contribution >= 4 is 15.9 Å². The van der Waals surface area contributed by atoms with Gasteiger partial charge in [0.05, 0.1) is 29.5 Å². The summed E-state index contributed by atoms with van der Waals surface area (Å²) in [4.78, 5) is 4.17. The summed E-state index contributed by atoms with van der Waals surface area (Å²) in [5.74, 6) is 0.542. The highest BCUT2D eigenvalue weighted by atomic mass is 79.9. The van der Waals surface area contributed by atoms with Crippen molar-refractivity contribution in [2.24, 2.45) is 5.73 Å². The van der Waals surface area contributed by atoms with Crippen LogP contribution in [0.1, 0.15) is 24.2 Å². The van der Waals surface area contributed by atoms with Gasteiger partial charge in [-0.25, -0.2) is 4.98 Å². The van der Waals surface area contributed by atoms with Crippen molar-refractivity contribution in [3.63, 3.8) is 0 Å². The van der Waals surface area contributed by atoms with E-state index >= 15 is 0 Å². The Labute approximate surface area is 114 Å². The zero-order valence-corrected chi connectivity index (χ0v) is 11.9. The van der Waals surface area contributed by atoms with Crippen LogP contribution >= 0.6 is 15.9 Å². The van der Waals surface area contributed by atoms with E-state index in [0.717, 1.165) is 22.3 Å². The molecule has 0 amide bonds. The minimum atomic E-state index is -0.328. The van der Waals surface area contributed by atoms with Gasteiger partial charge in [-0.2, -0.15) is 5.10 Å². The molecule has 5 nitrogen and oxygen atoms in total. The Morgan fingerprint density at radius 2 is 2.33 bits per heavy atom. The predicted molar refractivity (Wildman–Crippen MR) is 72.4 cm³/mol. The fraction of sp³-hybridized carbons (Fsp3) is 0.333. The zero-order chi connectivity index (χ0) is 13.1. The first-order chi connectivity index (χ1) is 8.69. The van der Waals surface area contributed by atoms with Gasteiger partial charge in [0.2, 0.25) is 5.88 Å². The fourth-order valence-corrected chi connectivity index (χ4v) is 2.43. The van der Waals surface area contributed by atoms with Crippen molar-refractivity contribution in [1.29, 1.82) is 0 Å². The van der Waals surface area contributed by atoms with E-state index in [2.05, 4.69) is 26.0 Å². The summed E-state index contributed by atoms with van der Waals surface area (Å²) in [7, 11) is 1.59. The fourth-order valence-electron chi connectivity index (χ4n) is 1.89. The zero-order valence-electron chi connectivity index (χ0n) is 10.3. The van der Waals surface area contributed by atoms with E-state index in [1.807, 2.05) is 23.7 Å². The Balaban J connectivity index is 2.47. The molecule has 0 radical (unpaired) electrons. The van der Waals surface area contributed by atoms with Crippen LogP contribution in [0, 0.1) is 0 Å². The Morgan fingerprint density at radius 1 is 1.56 bits per heavy atom. The molecule has 0 aromatic carbocycles. The van der Waals surface area contributed by atoms with Crippen molar-refractivity contribution in [2.45, 2.75) is 19.5 Å². The molecule has 2 N–H and O–H groups in total. The summed E-state index contributed by atoms with van der Waals surface area (Å²) in [5, 5.41) is 4.26. The Hall–Kier alpha value is -1.40. The van der Waals surface area contributed by atoms with Crippen LogP contribution in [0.4, 0.5) is 0 Å². The Kier molecular flexibility index (Phi) is 3.98. The molecule has 0 saturated carbocycles. The molecule has 0 aliphatic rings. The molecular weight excluding hydrogens is 296 g/mol. The van der Waals surface area contributed by atoms with E-state index in [1.165, 1.54) is 0 Å². The molecule has 0 bridgehead atoms.